The van der Waals surface area contributed by atoms with E-state index in [4.69, 9.17) is 10.5 Å². The number of nitrogens with one attached hydrogen (secondary N) is 2. The number of aromatic nitrogens is 2. The maximum Gasteiger partial charge on any atom is 0.416 e. The Bertz CT molecular complexity index is 1790. The zero-order chi connectivity index (χ0) is 29.4. The molecule has 1 amide bonds. The highest BCUT2D eigenvalue weighted by Gasteiger charge is 2.33. The van der Waals surface area contributed by atoms with E-state index in [1.165, 1.54) is 6.07 Å². The SMILES string of the molecule is Cc1ccc(NC(=O)c2cc(C(F)(F)F)ccc2C2COCCN2)cc1-c1ccc2ccn(-c3ccnc(N)c3)c2c1. The fraction of sp³-hybridized carbons (Fsp3) is 0.188. The zero-order valence-electron chi connectivity index (χ0n) is 22.7. The van der Waals surface area contributed by atoms with Crippen LogP contribution in [0.3, 0.4) is 0 Å². The predicted molar refractivity (Wildman–Crippen MR) is 157 cm³/mol. The van der Waals surface area contributed by atoms with E-state index in [9.17, 15) is 18.0 Å². The van der Waals surface area contributed by atoms with Crippen molar-refractivity contribution < 1.29 is 22.7 Å². The minimum atomic E-state index is -4.58. The summed E-state index contributed by atoms with van der Waals surface area (Å²) in [6.45, 7) is 3.26. The molecule has 42 heavy (non-hydrogen) atoms. The van der Waals surface area contributed by atoms with Crippen molar-refractivity contribution in [2.75, 3.05) is 30.8 Å². The molecule has 1 atom stereocenters. The van der Waals surface area contributed by atoms with Crippen molar-refractivity contribution in [2.45, 2.75) is 19.1 Å². The molecule has 3 aromatic carbocycles. The molecular formula is C32H28F3N5O2. The highest BCUT2D eigenvalue weighted by molar-refractivity contribution is 6.06. The third kappa shape index (κ3) is 5.46. The number of alkyl halides is 3. The smallest absolute Gasteiger partial charge is 0.384 e. The molecule has 0 radical (unpaired) electrons. The number of carbonyl (C=O) groups excluding carboxylic acids is 1. The molecule has 4 N–H and O–H groups in total. The molecule has 1 saturated heterocycles. The van der Waals surface area contributed by atoms with Gasteiger partial charge in [0.25, 0.3) is 5.91 Å². The van der Waals surface area contributed by atoms with Gasteiger partial charge in [-0.15, -0.1) is 0 Å². The molecule has 0 saturated carbocycles. The van der Waals surface area contributed by atoms with Crippen LogP contribution in [0.15, 0.2) is 85.2 Å². The van der Waals surface area contributed by atoms with Gasteiger partial charge in [0.1, 0.15) is 5.82 Å². The van der Waals surface area contributed by atoms with Crippen LogP contribution >= 0.6 is 0 Å². The number of nitrogens with two attached hydrogens (primary N) is 1. The first-order valence-electron chi connectivity index (χ1n) is 13.4. The topological polar surface area (TPSA) is 94.2 Å². The Morgan fingerprint density at radius 1 is 1.07 bits per heavy atom. The summed E-state index contributed by atoms with van der Waals surface area (Å²) in [4.78, 5) is 17.6. The van der Waals surface area contributed by atoms with Crippen molar-refractivity contribution in [1.82, 2.24) is 14.9 Å². The van der Waals surface area contributed by atoms with Gasteiger partial charge in [-0.05, 0) is 77.0 Å². The van der Waals surface area contributed by atoms with Crippen LogP contribution in [0.1, 0.15) is 33.1 Å². The van der Waals surface area contributed by atoms with Crippen molar-refractivity contribution in [1.29, 1.82) is 0 Å². The van der Waals surface area contributed by atoms with Crippen molar-refractivity contribution >= 4 is 28.3 Å². The zero-order valence-corrected chi connectivity index (χ0v) is 22.7. The third-order valence-corrected chi connectivity index (χ3v) is 7.46. The number of aryl methyl sites for hydroxylation is 1. The van der Waals surface area contributed by atoms with Crippen LogP contribution in [0.25, 0.3) is 27.7 Å². The summed E-state index contributed by atoms with van der Waals surface area (Å²) in [5.41, 5.74) is 10.5. The van der Waals surface area contributed by atoms with Crippen molar-refractivity contribution in [2.24, 2.45) is 0 Å². The number of ether oxygens (including phenoxy) is 1. The van der Waals surface area contributed by atoms with Gasteiger partial charge in [0.15, 0.2) is 0 Å². The van der Waals surface area contributed by atoms with Crippen molar-refractivity contribution in [3.05, 3.63) is 107 Å². The largest absolute Gasteiger partial charge is 0.416 e. The molecule has 0 aliphatic carbocycles. The summed E-state index contributed by atoms with van der Waals surface area (Å²) in [6.07, 6.45) is -0.964. The molecule has 1 aliphatic heterocycles. The van der Waals surface area contributed by atoms with Crippen molar-refractivity contribution in [3.8, 4) is 16.8 Å². The number of fused-ring (bicyclic) bond motifs is 1. The number of anilines is 2. The number of benzene rings is 3. The molecule has 1 fully saturated rings. The summed E-state index contributed by atoms with van der Waals surface area (Å²) in [7, 11) is 0. The fourth-order valence-corrected chi connectivity index (χ4v) is 5.31. The van der Waals surface area contributed by atoms with Crippen LogP contribution in [0.5, 0.6) is 0 Å². The number of hydrogen-bond donors (Lipinski definition) is 3. The lowest BCUT2D eigenvalue weighted by Gasteiger charge is -2.26. The Morgan fingerprint density at radius 3 is 2.69 bits per heavy atom. The number of halogens is 3. The molecule has 2 aromatic heterocycles. The molecule has 7 nitrogen and oxygen atoms in total. The van der Waals surface area contributed by atoms with E-state index in [0.29, 0.717) is 30.2 Å². The van der Waals surface area contributed by atoms with Gasteiger partial charge in [0, 0.05) is 36.3 Å². The van der Waals surface area contributed by atoms with Gasteiger partial charge < -0.3 is 25.7 Å². The average Bonchev–Trinajstić information content (AvgIpc) is 3.41. The standard InChI is InChI=1S/C32H28F3N5O2/c1-19-2-6-23(39-31(41)27-15-22(32(33,34)35)5-7-25(27)28-18-42-13-11-37-28)16-26(19)21-4-3-20-9-12-40(29(20)14-21)24-8-10-38-30(36)17-24/h2-10,12,14-17,28,37H,11,13,18H2,1H3,(H2,36,38)(H,39,41). The maximum atomic E-state index is 13.6. The van der Waals surface area contributed by atoms with Crippen LogP contribution in [0.4, 0.5) is 24.7 Å². The number of carbonyl (C=O) groups is 1. The fourth-order valence-electron chi connectivity index (χ4n) is 5.31. The number of morpholine rings is 1. The number of nitrogen functional groups attached to an aromatic ring is 1. The number of amides is 1. The highest BCUT2D eigenvalue weighted by Crippen LogP contribution is 2.34. The van der Waals surface area contributed by atoms with E-state index in [0.717, 1.165) is 45.4 Å². The highest BCUT2D eigenvalue weighted by atomic mass is 19.4. The average molecular weight is 572 g/mol. The van der Waals surface area contributed by atoms with Gasteiger partial charge >= 0.3 is 6.18 Å². The lowest BCUT2D eigenvalue weighted by Crippen LogP contribution is -2.36. The number of pyridine rings is 1. The molecule has 1 aliphatic rings. The van der Waals surface area contributed by atoms with E-state index >= 15 is 0 Å². The van der Waals surface area contributed by atoms with E-state index in [2.05, 4.69) is 21.7 Å². The first-order chi connectivity index (χ1) is 20.2. The summed E-state index contributed by atoms with van der Waals surface area (Å²) in [5.74, 6) is -0.210. The summed E-state index contributed by atoms with van der Waals surface area (Å²) in [6, 6.07) is 20.1. The van der Waals surface area contributed by atoms with Gasteiger partial charge in [0.2, 0.25) is 0 Å². The number of rotatable bonds is 5. The molecule has 3 heterocycles. The van der Waals surface area contributed by atoms with E-state index in [1.54, 1.807) is 18.3 Å². The molecule has 0 bridgehead atoms. The Kier molecular flexibility index (Phi) is 7.17. The molecular weight excluding hydrogens is 543 g/mol. The second kappa shape index (κ2) is 11.0. The van der Waals surface area contributed by atoms with Crippen LogP contribution in [0, 0.1) is 6.92 Å². The predicted octanol–water partition coefficient (Wildman–Crippen LogP) is 6.52. The Hall–Kier alpha value is -4.67. The number of hydrogen-bond acceptors (Lipinski definition) is 5. The summed E-state index contributed by atoms with van der Waals surface area (Å²) >= 11 is 0. The van der Waals surface area contributed by atoms with E-state index < -0.39 is 23.7 Å². The second-order valence-corrected chi connectivity index (χ2v) is 10.3. The molecule has 0 spiro atoms. The van der Waals surface area contributed by atoms with Crippen LogP contribution in [-0.2, 0) is 10.9 Å². The normalized spacial score (nSPS) is 15.6. The van der Waals surface area contributed by atoms with Gasteiger partial charge in [-0.25, -0.2) is 4.98 Å². The molecule has 6 rings (SSSR count). The van der Waals surface area contributed by atoms with E-state index in [1.807, 2.05) is 54.1 Å². The first kappa shape index (κ1) is 27.5. The van der Waals surface area contributed by atoms with Crippen LogP contribution in [0.2, 0.25) is 0 Å². The van der Waals surface area contributed by atoms with Gasteiger partial charge in [-0.3, -0.25) is 4.79 Å². The minimum absolute atomic E-state index is 0.0502. The Labute approximate surface area is 240 Å². The lowest BCUT2D eigenvalue weighted by atomic mass is 9.96. The molecule has 10 heteroatoms. The lowest BCUT2D eigenvalue weighted by molar-refractivity contribution is -0.137. The van der Waals surface area contributed by atoms with Crippen molar-refractivity contribution in [3.63, 3.8) is 0 Å². The van der Waals surface area contributed by atoms with Gasteiger partial charge in [0.05, 0.1) is 36.0 Å². The van der Waals surface area contributed by atoms with Crippen LogP contribution in [-0.4, -0.2) is 35.2 Å². The Balaban J connectivity index is 1.34. The summed E-state index contributed by atoms with van der Waals surface area (Å²) in [5, 5.41) is 7.09. The minimum Gasteiger partial charge on any atom is -0.384 e. The Morgan fingerprint density at radius 2 is 1.93 bits per heavy atom. The van der Waals surface area contributed by atoms with E-state index in [-0.39, 0.29) is 12.2 Å². The maximum absolute atomic E-state index is 13.6. The first-order valence-corrected chi connectivity index (χ1v) is 13.4. The van der Waals surface area contributed by atoms with Gasteiger partial charge in [-0.1, -0.05) is 24.3 Å². The molecule has 5 aromatic rings. The molecule has 214 valence electrons. The third-order valence-electron chi connectivity index (χ3n) is 7.46. The monoisotopic (exact) mass is 571 g/mol. The molecule has 1 unspecified atom stereocenters. The quantitative estimate of drug-likeness (QED) is 0.224. The van der Waals surface area contributed by atoms with Crippen LogP contribution < -0.4 is 16.4 Å². The summed E-state index contributed by atoms with van der Waals surface area (Å²) < 4.78 is 48.3. The second-order valence-electron chi connectivity index (χ2n) is 10.3. The van der Waals surface area contributed by atoms with Gasteiger partial charge in [-0.2, -0.15) is 13.2 Å². The number of nitrogens with zero attached hydrogens (tertiary/aromatic N) is 2.